The molecule has 2 atom stereocenters. The highest BCUT2D eigenvalue weighted by Gasteiger charge is 2.65. The number of carbonyl (C=O) groups excluding carboxylic acids is 1. The SMILES string of the molecule is COc1ccc2c(c1)[C@]1(C[C@H]1c1ccc3c(NN4CC(C)=NC=C4C(C)C)n[nH]c3c1)C(=O)N2. The number of nitrogens with one attached hydrogen (secondary N) is 3. The molecule has 1 saturated carbocycles. The second kappa shape index (κ2) is 7.35. The second-order valence-electron chi connectivity index (χ2n) is 9.74. The van der Waals surface area contributed by atoms with Crippen LogP contribution >= 0.6 is 0 Å². The van der Waals surface area contributed by atoms with E-state index in [1.165, 1.54) is 0 Å². The summed E-state index contributed by atoms with van der Waals surface area (Å²) in [6, 6.07) is 12.1. The number of aromatic amines is 1. The van der Waals surface area contributed by atoms with Gasteiger partial charge in [-0.25, -0.2) is 0 Å². The Labute approximate surface area is 198 Å². The standard InChI is InChI=1S/C26H28N6O2/c1-14(2)23-12-27-15(3)13-32(23)31-24-18-7-5-16(9-22(18)29-30-24)20-11-26(20)19-10-17(34-4)6-8-21(19)28-25(26)33/h5-10,12,14,20H,11,13H2,1-4H3,(H,28,33)(H2,29,30,31)/t20-,26-/m0/s1. The zero-order valence-corrected chi connectivity index (χ0v) is 19.8. The molecule has 1 aromatic heterocycles. The van der Waals surface area contributed by atoms with Gasteiger partial charge >= 0.3 is 0 Å². The van der Waals surface area contributed by atoms with Gasteiger partial charge in [0.25, 0.3) is 0 Å². The average Bonchev–Trinajstić information content (AvgIpc) is 3.37. The molecule has 1 aliphatic carbocycles. The number of methoxy groups -OCH3 is 1. The van der Waals surface area contributed by atoms with Crippen molar-refractivity contribution in [3.63, 3.8) is 0 Å². The molecule has 3 aliphatic rings. The fourth-order valence-corrected chi connectivity index (χ4v) is 5.34. The summed E-state index contributed by atoms with van der Waals surface area (Å²) in [7, 11) is 1.65. The third kappa shape index (κ3) is 3.01. The third-order valence-corrected chi connectivity index (χ3v) is 7.26. The van der Waals surface area contributed by atoms with Crippen molar-refractivity contribution in [3.8, 4) is 5.75 Å². The summed E-state index contributed by atoms with van der Waals surface area (Å²) < 4.78 is 5.41. The number of benzene rings is 2. The first-order valence-corrected chi connectivity index (χ1v) is 11.7. The predicted molar refractivity (Wildman–Crippen MR) is 133 cm³/mol. The maximum atomic E-state index is 13.0. The summed E-state index contributed by atoms with van der Waals surface area (Å²) in [6.45, 7) is 7.04. The summed E-state index contributed by atoms with van der Waals surface area (Å²) in [5.74, 6) is 2.09. The van der Waals surface area contributed by atoms with Gasteiger partial charge in [0.15, 0.2) is 5.82 Å². The number of H-pyrrole nitrogens is 1. The van der Waals surface area contributed by atoms with E-state index in [-0.39, 0.29) is 11.8 Å². The number of hydrogen-bond acceptors (Lipinski definition) is 6. The Kier molecular flexibility index (Phi) is 4.49. The minimum absolute atomic E-state index is 0.0722. The lowest BCUT2D eigenvalue weighted by molar-refractivity contribution is -0.118. The molecule has 0 bridgehead atoms. The number of fused-ring (bicyclic) bond motifs is 3. The van der Waals surface area contributed by atoms with Crippen LogP contribution in [-0.4, -0.2) is 40.5 Å². The number of anilines is 2. The highest BCUT2D eigenvalue weighted by molar-refractivity contribution is 6.10. The molecule has 8 heteroatoms. The van der Waals surface area contributed by atoms with E-state index >= 15 is 0 Å². The minimum Gasteiger partial charge on any atom is -0.497 e. The Bertz CT molecular complexity index is 1390. The van der Waals surface area contributed by atoms with E-state index in [2.05, 4.69) is 63.0 Å². The fraction of sp³-hybridized carbons (Fsp3) is 0.346. The minimum atomic E-state index is -0.514. The monoisotopic (exact) mass is 456 g/mol. The van der Waals surface area contributed by atoms with Gasteiger partial charge in [-0.05, 0) is 60.7 Å². The molecule has 2 aliphatic heterocycles. The van der Waals surface area contributed by atoms with E-state index in [0.29, 0.717) is 12.5 Å². The van der Waals surface area contributed by atoms with Crippen molar-refractivity contribution in [1.82, 2.24) is 15.2 Å². The van der Waals surface area contributed by atoms with Gasteiger partial charge in [0, 0.05) is 28.9 Å². The molecule has 3 N–H and O–H groups in total. The lowest BCUT2D eigenvalue weighted by atomic mass is 9.91. The average molecular weight is 457 g/mol. The van der Waals surface area contributed by atoms with Crippen LogP contribution in [0.2, 0.25) is 0 Å². The normalized spacial score (nSPS) is 23.1. The van der Waals surface area contributed by atoms with E-state index in [1.54, 1.807) is 7.11 Å². The fourth-order valence-electron chi connectivity index (χ4n) is 5.34. The molecule has 3 aromatic rings. The second-order valence-corrected chi connectivity index (χ2v) is 9.74. The van der Waals surface area contributed by atoms with Crippen molar-refractivity contribution in [2.24, 2.45) is 10.9 Å². The summed E-state index contributed by atoms with van der Waals surface area (Å²) in [5.41, 5.74) is 9.13. The molecule has 8 nitrogen and oxygen atoms in total. The maximum Gasteiger partial charge on any atom is 0.235 e. The molecule has 1 fully saturated rings. The molecule has 34 heavy (non-hydrogen) atoms. The van der Waals surface area contributed by atoms with E-state index in [9.17, 15) is 4.79 Å². The van der Waals surface area contributed by atoms with Gasteiger partial charge in [0.1, 0.15) is 5.75 Å². The molecule has 1 amide bonds. The van der Waals surface area contributed by atoms with Crippen LogP contribution in [0, 0.1) is 5.92 Å². The number of allylic oxidation sites excluding steroid dienone is 1. The lowest BCUT2D eigenvalue weighted by Gasteiger charge is -2.31. The molecule has 2 aromatic carbocycles. The van der Waals surface area contributed by atoms with Crippen LogP contribution in [0.1, 0.15) is 44.2 Å². The van der Waals surface area contributed by atoms with Crippen LogP contribution in [-0.2, 0) is 10.2 Å². The molecule has 6 rings (SSSR count). The first-order chi connectivity index (χ1) is 16.4. The molecule has 1 spiro atoms. The smallest absolute Gasteiger partial charge is 0.235 e. The molecular formula is C26H28N6O2. The number of ether oxygens (including phenoxy) is 1. The largest absolute Gasteiger partial charge is 0.497 e. The molecule has 0 radical (unpaired) electrons. The number of hydrazine groups is 1. The summed E-state index contributed by atoms with van der Waals surface area (Å²) in [5, 5.41) is 13.9. The van der Waals surface area contributed by atoms with E-state index in [4.69, 9.17) is 4.74 Å². The van der Waals surface area contributed by atoms with Crippen molar-refractivity contribution in [2.75, 3.05) is 24.4 Å². The van der Waals surface area contributed by atoms with Gasteiger partial charge in [-0.15, -0.1) is 0 Å². The van der Waals surface area contributed by atoms with Crippen molar-refractivity contribution in [1.29, 1.82) is 0 Å². The molecule has 3 heterocycles. The van der Waals surface area contributed by atoms with Crippen molar-refractivity contribution >= 4 is 34.0 Å². The van der Waals surface area contributed by atoms with Crippen molar-refractivity contribution < 1.29 is 9.53 Å². The van der Waals surface area contributed by atoms with Crippen molar-refractivity contribution in [2.45, 2.75) is 38.5 Å². The van der Waals surface area contributed by atoms with Gasteiger partial charge in [0.2, 0.25) is 5.91 Å². The number of aromatic nitrogens is 2. The zero-order chi connectivity index (χ0) is 23.6. The van der Waals surface area contributed by atoms with Gasteiger partial charge in [-0.1, -0.05) is 19.9 Å². The lowest BCUT2D eigenvalue weighted by Crippen LogP contribution is -2.37. The summed E-state index contributed by atoms with van der Waals surface area (Å²) >= 11 is 0. The topological polar surface area (TPSA) is 94.6 Å². The quantitative estimate of drug-likeness (QED) is 0.524. The number of nitrogens with zero attached hydrogens (tertiary/aromatic N) is 3. The number of rotatable bonds is 5. The van der Waals surface area contributed by atoms with Crippen LogP contribution in [0.15, 0.2) is 53.3 Å². The van der Waals surface area contributed by atoms with Crippen LogP contribution < -0.4 is 15.5 Å². The number of amides is 1. The Hall–Kier alpha value is -3.81. The Morgan fingerprint density at radius 1 is 1.24 bits per heavy atom. The van der Waals surface area contributed by atoms with E-state index in [1.807, 2.05) is 31.3 Å². The highest BCUT2D eigenvalue weighted by Crippen LogP contribution is 2.65. The molecule has 174 valence electrons. The van der Waals surface area contributed by atoms with Gasteiger partial charge in [0.05, 0.1) is 30.3 Å². The Morgan fingerprint density at radius 3 is 2.88 bits per heavy atom. The van der Waals surface area contributed by atoms with Crippen LogP contribution in [0.4, 0.5) is 11.5 Å². The van der Waals surface area contributed by atoms with Gasteiger partial charge in [-0.3, -0.25) is 25.3 Å². The summed E-state index contributed by atoms with van der Waals surface area (Å²) in [6.07, 6.45) is 2.72. The van der Waals surface area contributed by atoms with Crippen LogP contribution in [0.25, 0.3) is 10.9 Å². The zero-order valence-electron chi connectivity index (χ0n) is 19.8. The number of carbonyl (C=O) groups is 1. The predicted octanol–water partition coefficient (Wildman–Crippen LogP) is 4.55. The third-order valence-electron chi connectivity index (χ3n) is 7.26. The number of aliphatic imine (C=N–C) groups is 1. The Balaban J connectivity index is 1.29. The van der Waals surface area contributed by atoms with Gasteiger partial charge in [-0.2, -0.15) is 5.10 Å². The first-order valence-electron chi connectivity index (χ1n) is 11.7. The van der Waals surface area contributed by atoms with E-state index in [0.717, 1.165) is 57.1 Å². The maximum absolute atomic E-state index is 13.0. The molecular weight excluding hydrogens is 428 g/mol. The molecule has 0 saturated heterocycles. The summed E-state index contributed by atoms with van der Waals surface area (Å²) in [4.78, 5) is 17.5. The van der Waals surface area contributed by atoms with Gasteiger partial charge < -0.3 is 10.1 Å². The van der Waals surface area contributed by atoms with Crippen molar-refractivity contribution in [3.05, 3.63) is 59.4 Å². The van der Waals surface area contributed by atoms with Crippen LogP contribution in [0.5, 0.6) is 5.75 Å². The molecule has 0 unspecified atom stereocenters. The first kappa shape index (κ1) is 20.8. The highest BCUT2D eigenvalue weighted by atomic mass is 16.5. The number of hydrogen-bond donors (Lipinski definition) is 3. The van der Waals surface area contributed by atoms with Crippen LogP contribution in [0.3, 0.4) is 0 Å². The van der Waals surface area contributed by atoms with E-state index < -0.39 is 5.41 Å². The Morgan fingerprint density at radius 2 is 2.09 bits per heavy atom.